The van der Waals surface area contributed by atoms with Crippen LogP contribution in [0.5, 0.6) is 0 Å². The van der Waals surface area contributed by atoms with Gasteiger partial charge in [0.05, 0.1) is 10.3 Å². The van der Waals surface area contributed by atoms with E-state index >= 15 is 0 Å². The van der Waals surface area contributed by atoms with Crippen LogP contribution in [-0.4, -0.2) is 16.0 Å². The normalized spacial score (nSPS) is 12.1. The van der Waals surface area contributed by atoms with E-state index in [2.05, 4.69) is 0 Å². The van der Waals surface area contributed by atoms with Crippen LogP contribution in [0.3, 0.4) is 0 Å². The van der Waals surface area contributed by atoms with Gasteiger partial charge in [-0.05, 0) is 25.3 Å². The fourth-order valence-corrected chi connectivity index (χ4v) is 1.91. The van der Waals surface area contributed by atoms with Crippen LogP contribution in [0, 0.1) is 17.0 Å². The maximum absolute atomic E-state index is 10.8. The van der Waals surface area contributed by atoms with Gasteiger partial charge >= 0.3 is 5.97 Å². The molecule has 1 atom stereocenters. The quantitative estimate of drug-likeness (QED) is 0.488. The zero-order valence-corrected chi connectivity index (χ0v) is 10.7. The number of halogens is 1. The molecule has 98 valence electrons. The fraction of sp³-hybridized carbons (Fsp3) is 0.417. The Morgan fingerprint density at radius 3 is 2.78 bits per heavy atom. The van der Waals surface area contributed by atoms with Gasteiger partial charge in [0.15, 0.2) is 0 Å². The molecule has 0 saturated carbocycles. The number of carboxylic acids is 1. The van der Waals surface area contributed by atoms with Crippen molar-refractivity contribution in [3.8, 4) is 0 Å². The Balaban J connectivity index is 2.74. The highest BCUT2D eigenvalue weighted by atomic mass is 35.5. The van der Waals surface area contributed by atoms with E-state index in [4.69, 9.17) is 16.7 Å². The minimum atomic E-state index is -0.867. The first kappa shape index (κ1) is 14.4. The summed E-state index contributed by atoms with van der Waals surface area (Å²) < 4.78 is 0. The first-order valence-corrected chi connectivity index (χ1v) is 5.96. The highest BCUT2D eigenvalue weighted by Crippen LogP contribution is 2.30. The summed E-state index contributed by atoms with van der Waals surface area (Å²) in [5.41, 5.74) is 1.27. The molecule has 1 aromatic rings. The molecule has 6 heteroatoms. The third-order valence-electron chi connectivity index (χ3n) is 2.64. The molecule has 1 unspecified atom stereocenters. The Hall–Kier alpha value is -1.62. The lowest BCUT2D eigenvalue weighted by Crippen LogP contribution is -1.98. The Morgan fingerprint density at radius 2 is 2.22 bits per heavy atom. The number of nitro groups is 1. The van der Waals surface area contributed by atoms with Crippen molar-refractivity contribution in [1.29, 1.82) is 0 Å². The van der Waals surface area contributed by atoms with E-state index in [0.717, 1.165) is 0 Å². The van der Waals surface area contributed by atoms with Gasteiger partial charge in [-0.3, -0.25) is 14.9 Å². The van der Waals surface area contributed by atoms with Crippen molar-refractivity contribution in [3.63, 3.8) is 0 Å². The summed E-state index contributed by atoms with van der Waals surface area (Å²) in [6, 6.07) is 4.84. The highest BCUT2D eigenvalue weighted by molar-refractivity contribution is 6.20. The van der Waals surface area contributed by atoms with Crippen LogP contribution in [0.25, 0.3) is 0 Å². The van der Waals surface area contributed by atoms with Crippen molar-refractivity contribution in [2.24, 2.45) is 0 Å². The summed E-state index contributed by atoms with van der Waals surface area (Å²) in [5, 5.41) is 18.9. The molecule has 0 aromatic heterocycles. The first-order chi connectivity index (χ1) is 8.41. The van der Waals surface area contributed by atoms with Crippen LogP contribution < -0.4 is 0 Å². The zero-order valence-electron chi connectivity index (χ0n) is 9.93. The number of alkyl halides is 1. The Kier molecular flexibility index (Phi) is 5.09. The average Bonchev–Trinajstić information content (AvgIpc) is 2.28. The van der Waals surface area contributed by atoms with E-state index in [1.165, 1.54) is 6.07 Å². The van der Waals surface area contributed by atoms with Crippen molar-refractivity contribution >= 4 is 23.3 Å². The minimum Gasteiger partial charge on any atom is -0.481 e. The molecule has 1 N–H and O–H groups in total. The number of nitrogens with zero attached hydrogens (tertiary/aromatic N) is 1. The third-order valence-corrected chi connectivity index (χ3v) is 3.11. The van der Waals surface area contributed by atoms with E-state index in [9.17, 15) is 14.9 Å². The van der Waals surface area contributed by atoms with Crippen LogP contribution in [0.4, 0.5) is 5.69 Å². The Bertz CT molecular complexity index is 461. The lowest BCUT2D eigenvalue weighted by molar-refractivity contribution is -0.385. The molecular formula is C12H14ClNO4. The lowest BCUT2D eigenvalue weighted by atomic mass is 10.0. The lowest BCUT2D eigenvalue weighted by Gasteiger charge is -2.09. The van der Waals surface area contributed by atoms with E-state index in [0.29, 0.717) is 24.0 Å². The number of hydrogen-bond donors (Lipinski definition) is 1. The summed E-state index contributed by atoms with van der Waals surface area (Å²) >= 11 is 6.10. The molecule has 0 bridgehead atoms. The molecule has 0 aliphatic heterocycles. The molecule has 0 aliphatic rings. The van der Waals surface area contributed by atoms with Gasteiger partial charge in [0.25, 0.3) is 5.69 Å². The second-order valence-corrected chi connectivity index (χ2v) is 4.58. The van der Waals surface area contributed by atoms with Crippen LogP contribution in [0.15, 0.2) is 18.2 Å². The van der Waals surface area contributed by atoms with Crippen molar-refractivity contribution in [2.75, 3.05) is 0 Å². The van der Waals surface area contributed by atoms with Gasteiger partial charge in [-0.15, -0.1) is 11.6 Å². The average molecular weight is 272 g/mol. The number of nitro benzene ring substituents is 1. The zero-order chi connectivity index (χ0) is 13.7. The van der Waals surface area contributed by atoms with Crippen LogP contribution >= 0.6 is 11.6 Å². The molecule has 0 fully saturated rings. The van der Waals surface area contributed by atoms with E-state index in [1.807, 2.05) is 0 Å². The second kappa shape index (κ2) is 6.35. The van der Waals surface area contributed by atoms with Gasteiger partial charge in [0.2, 0.25) is 0 Å². The summed E-state index contributed by atoms with van der Waals surface area (Å²) in [5.74, 6) is -0.867. The molecule has 0 amide bonds. The van der Waals surface area contributed by atoms with Gasteiger partial charge < -0.3 is 5.11 Å². The van der Waals surface area contributed by atoms with Crippen LogP contribution in [0.1, 0.15) is 35.8 Å². The van der Waals surface area contributed by atoms with Crippen LogP contribution in [-0.2, 0) is 4.79 Å². The monoisotopic (exact) mass is 271 g/mol. The molecule has 5 nitrogen and oxygen atoms in total. The molecule has 18 heavy (non-hydrogen) atoms. The molecule has 0 saturated heterocycles. The van der Waals surface area contributed by atoms with Crippen LogP contribution in [0.2, 0.25) is 0 Å². The summed E-state index contributed by atoms with van der Waals surface area (Å²) in [4.78, 5) is 20.7. The van der Waals surface area contributed by atoms with Crippen molar-refractivity contribution in [2.45, 2.75) is 31.6 Å². The number of hydrogen-bond acceptors (Lipinski definition) is 3. The molecule has 0 aliphatic carbocycles. The Morgan fingerprint density at radius 1 is 1.56 bits per heavy atom. The van der Waals surface area contributed by atoms with Gasteiger partial charge in [0.1, 0.15) is 0 Å². The van der Waals surface area contributed by atoms with Gasteiger partial charge in [0, 0.05) is 18.1 Å². The number of aliphatic carboxylic acids is 1. The van der Waals surface area contributed by atoms with E-state index in [1.54, 1.807) is 19.1 Å². The maximum Gasteiger partial charge on any atom is 0.303 e. The molecule has 1 aromatic carbocycles. The highest BCUT2D eigenvalue weighted by Gasteiger charge is 2.15. The van der Waals surface area contributed by atoms with Crippen molar-refractivity contribution in [1.82, 2.24) is 0 Å². The summed E-state index contributed by atoms with van der Waals surface area (Å²) in [6.07, 6.45) is 0.983. The Labute approximate surface area is 110 Å². The standard InChI is InChI=1S/C12H14ClNO4/c1-8-5-6-9(7-11(8)14(17)18)10(13)3-2-4-12(15)16/h5-7,10H,2-4H2,1H3,(H,15,16). The predicted molar refractivity (Wildman–Crippen MR) is 67.9 cm³/mol. The van der Waals surface area contributed by atoms with Gasteiger partial charge in [-0.25, -0.2) is 0 Å². The number of carboxylic acid groups (broad SMARTS) is 1. The number of benzene rings is 1. The second-order valence-electron chi connectivity index (χ2n) is 4.06. The molecular weight excluding hydrogens is 258 g/mol. The van der Waals surface area contributed by atoms with Crippen molar-refractivity contribution < 1.29 is 14.8 Å². The molecule has 0 radical (unpaired) electrons. The number of aryl methyl sites for hydroxylation is 1. The summed E-state index contributed by atoms with van der Waals surface area (Å²) in [7, 11) is 0. The summed E-state index contributed by atoms with van der Waals surface area (Å²) in [6.45, 7) is 1.66. The molecule has 1 rings (SSSR count). The largest absolute Gasteiger partial charge is 0.481 e. The minimum absolute atomic E-state index is 0.0383. The predicted octanol–water partition coefficient (Wildman–Crippen LogP) is 3.44. The maximum atomic E-state index is 10.8. The van der Waals surface area contributed by atoms with Gasteiger partial charge in [-0.2, -0.15) is 0 Å². The van der Waals surface area contributed by atoms with Gasteiger partial charge in [-0.1, -0.05) is 12.1 Å². The SMILES string of the molecule is Cc1ccc(C(Cl)CCCC(=O)O)cc1[N+](=O)[O-]. The number of carbonyl (C=O) groups is 1. The topological polar surface area (TPSA) is 80.4 Å². The smallest absolute Gasteiger partial charge is 0.303 e. The number of rotatable bonds is 6. The van der Waals surface area contributed by atoms with Crippen molar-refractivity contribution in [3.05, 3.63) is 39.4 Å². The fourth-order valence-electron chi connectivity index (χ4n) is 1.62. The third kappa shape index (κ3) is 4.00. The first-order valence-electron chi connectivity index (χ1n) is 5.52. The van der Waals surface area contributed by atoms with E-state index in [-0.39, 0.29) is 12.1 Å². The molecule has 0 heterocycles. The van der Waals surface area contributed by atoms with E-state index < -0.39 is 16.3 Å². The molecule has 0 spiro atoms.